The molecule has 2 aromatic rings. The van der Waals surface area contributed by atoms with E-state index in [9.17, 15) is 19.6 Å². The normalized spacial score (nSPS) is 12.6. The number of aryl methyl sites for hydroxylation is 2. The van der Waals surface area contributed by atoms with Crippen LogP contribution in [0.15, 0.2) is 42.5 Å². The van der Waals surface area contributed by atoms with Crippen LogP contribution in [0.1, 0.15) is 43.5 Å². The fraction of sp³-hybridized carbons (Fsp3) is 0.385. The molecule has 2 unspecified atom stereocenters. The first-order chi connectivity index (χ1) is 16.9. The first-order valence-electron chi connectivity index (χ1n) is 11.3. The van der Waals surface area contributed by atoms with E-state index in [4.69, 9.17) is 16.3 Å². The second kappa shape index (κ2) is 12.7. The van der Waals surface area contributed by atoms with Gasteiger partial charge in [-0.2, -0.15) is 17.9 Å². The molecule has 36 heavy (non-hydrogen) atoms. The molecular weight excluding hydrogens is 500 g/mol. The van der Waals surface area contributed by atoms with Crippen LogP contribution in [0.2, 0.25) is 5.02 Å². The Bertz CT molecular complexity index is 1140. The number of hydrogen-bond donors (Lipinski definition) is 3. The highest BCUT2D eigenvalue weighted by atomic mass is 35.5. The van der Waals surface area contributed by atoms with Crippen LogP contribution in [0.3, 0.4) is 0 Å². The summed E-state index contributed by atoms with van der Waals surface area (Å²) >= 11 is 10.5. The molecule has 0 aliphatic heterocycles. The Morgan fingerprint density at radius 2 is 1.83 bits per heavy atom. The molecule has 0 heterocycles. The number of thiol groups is 1. The van der Waals surface area contributed by atoms with Crippen molar-refractivity contribution in [2.75, 3.05) is 17.6 Å². The van der Waals surface area contributed by atoms with Gasteiger partial charge < -0.3 is 20.3 Å². The molecule has 2 atom stereocenters. The molecule has 2 N–H and O–H groups in total. The number of nitriles is 1. The van der Waals surface area contributed by atoms with Crippen LogP contribution in [0.4, 0.5) is 10.5 Å². The zero-order valence-electron chi connectivity index (χ0n) is 21.0. The second-order valence-electron chi connectivity index (χ2n) is 9.24. The van der Waals surface area contributed by atoms with Gasteiger partial charge in [-0.3, -0.25) is 9.59 Å². The van der Waals surface area contributed by atoms with Gasteiger partial charge in [0.15, 0.2) is 0 Å². The zero-order chi connectivity index (χ0) is 27.0. The highest BCUT2D eigenvalue weighted by Crippen LogP contribution is 2.29. The molecule has 192 valence electrons. The Morgan fingerprint density at radius 3 is 2.39 bits per heavy atom. The van der Waals surface area contributed by atoms with Crippen LogP contribution < -0.4 is 10.6 Å². The van der Waals surface area contributed by atoms with Crippen molar-refractivity contribution >= 4 is 47.8 Å². The summed E-state index contributed by atoms with van der Waals surface area (Å²) in [6.07, 6.45) is -0.810. The number of alkyl carbamates (subject to hydrolysis) is 1. The van der Waals surface area contributed by atoms with Gasteiger partial charge in [-0.1, -0.05) is 53.6 Å². The standard InChI is InChI=1S/C26H31ClN4O4S/c1-16-8-6-10-18(14-16)22(23(32)30-21-17(2)9-7-11-19(21)27)31(13-12-28)24(33)20(15-36)29-25(34)35-26(3,4)5/h6-11,14,20,22,36H,13,15H2,1-5H3,(H,29,34)(H,30,32). The molecule has 0 aliphatic rings. The number of hydrogen-bond acceptors (Lipinski definition) is 6. The molecule has 0 saturated carbocycles. The Labute approximate surface area is 222 Å². The van der Waals surface area contributed by atoms with Crippen molar-refractivity contribution in [3.8, 4) is 6.07 Å². The van der Waals surface area contributed by atoms with Crippen molar-refractivity contribution in [3.05, 3.63) is 64.2 Å². The Morgan fingerprint density at radius 1 is 1.17 bits per heavy atom. The third-order valence-electron chi connectivity index (χ3n) is 5.08. The van der Waals surface area contributed by atoms with Gasteiger partial charge in [0.1, 0.15) is 24.2 Å². The summed E-state index contributed by atoms with van der Waals surface area (Å²) in [6, 6.07) is 11.9. The third kappa shape index (κ3) is 7.90. The van der Waals surface area contributed by atoms with E-state index in [0.717, 1.165) is 16.0 Å². The SMILES string of the molecule is Cc1cccc(C(C(=O)Nc2c(C)cccc2Cl)N(CC#N)C(=O)C(CS)NC(=O)OC(C)(C)C)c1. The number of anilines is 1. The third-order valence-corrected chi connectivity index (χ3v) is 5.76. The zero-order valence-corrected chi connectivity index (χ0v) is 22.6. The minimum Gasteiger partial charge on any atom is -0.444 e. The van der Waals surface area contributed by atoms with Gasteiger partial charge in [-0.15, -0.1) is 0 Å². The summed E-state index contributed by atoms with van der Waals surface area (Å²) in [5, 5.41) is 15.2. The summed E-state index contributed by atoms with van der Waals surface area (Å²) in [5.41, 5.74) is 1.72. The van der Waals surface area contributed by atoms with Gasteiger partial charge in [0, 0.05) is 5.75 Å². The van der Waals surface area contributed by atoms with E-state index in [1.807, 2.05) is 19.1 Å². The Balaban J connectivity index is 2.49. The van der Waals surface area contributed by atoms with Crippen molar-refractivity contribution in [3.63, 3.8) is 0 Å². The molecule has 0 spiro atoms. The quantitative estimate of drug-likeness (QED) is 0.335. The average molecular weight is 531 g/mol. The van der Waals surface area contributed by atoms with Crippen LogP contribution in [0.5, 0.6) is 0 Å². The minimum atomic E-state index is -1.18. The number of benzene rings is 2. The lowest BCUT2D eigenvalue weighted by Gasteiger charge is -2.32. The van der Waals surface area contributed by atoms with E-state index >= 15 is 0 Å². The predicted molar refractivity (Wildman–Crippen MR) is 143 cm³/mol. The van der Waals surface area contributed by atoms with Crippen LogP contribution in [0, 0.1) is 25.2 Å². The number of carbonyl (C=O) groups excluding carboxylic acids is 3. The van der Waals surface area contributed by atoms with Gasteiger partial charge in [0.2, 0.25) is 5.91 Å². The number of carbonyl (C=O) groups is 3. The van der Waals surface area contributed by atoms with Gasteiger partial charge in [-0.25, -0.2) is 4.79 Å². The van der Waals surface area contributed by atoms with Gasteiger partial charge in [0.25, 0.3) is 5.91 Å². The molecule has 2 rings (SSSR count). The monoisotopic (exact) mass is 530 g/mol. The first-order valence-corrected chi connectivity index (χ1v) is 12.3. The lowest BCUT2D eigenvalue weighted by Crippen LogP contribution is -2.53. The molecule has 0 aromatic heterocycles. The molecule has 2 aromatic carbocycles. The number of amides is 3. The highest BCUT2D eigenvalue weighted by Gasteiger charge is 2.36. The Hall–Kier alpha value is -3.22. The van der Waals surface area contributed by atoms with Crippen molar-refractivity contribution in [1.29, 1.82) is 5.26 Å². The maximum absolute atomic E-state index is 13.7. The molecule has 10 heteroatoms. The largest absolute Gasteiger partial charge is 0.444 e. The van der Waals surface area contributed by atoms with Crippen LogP contribution >= 0.6 is 24.2 Å². The molecule has 0 aliphatic carbocycles. The highest BCUT2D eigenvalue weighted by molar-refractivity contribution is 7.80. The van der Waals surface area contributed by atoms with E-state index in [0.29, 0.717) is 16.3 Å². The van der Waals surface area contributed by atoms with Crippen LogP contribution in [-0.2, 0) is 14.3 Å². The minimum absolute atomic E-state index is 0.0776. The van der Waals surface area contributed by atoms with Gasteiger partial charge in [0.05, 0.1) is 16.8 Å². The summed E-state index contributed by atoms with van der Waals surface area (Å²) < 4.78 is 5.26. The van der Waals surface area contributed by atoms with E-state index in [2.05, 4.69) is 23.3 Å². The van der Waals surface area contributed by atoms with Crippen LogP contribution in [-0.4, -0.2) is 46.7 Å². The average Bonchev–Trinajstić information content (AvgIpc) is 2.78. The van der Waals surface area contributed by atoms with E-state index in [-0.39, 0.29) is 5.75 Å². The molecule has 3 amide bonds. The molecule has 0 bridgehead atoms. The maximum atomic E-state index is 13.7. The smallest absolute Gasteiger partial charge is 0.408 e. The van der Waals surface area contributed by atoms with Crippen molar-refractivity contribution < 1.29 is 19.1 Å². The number of para-hydroxylation sites is 1. The molecule has 0 fully saturated rings. The number of nitrogens with one attached hydrogen (secondary N) is 2. The van der Waals surface area contributed by atoms with E-state index in [1.54, 1.807) is 64.1 Å². The van der Waals surface area contributed by atoms with E-state index in [1.165, 1.54) is 0 Å². The number of ether oxygens (including phenoxy) is 1. The second-order valence-corrected chi connectivity index (χ2v) is 10.0. The summed E-state index contributed by atoms with van der Waals surface area (Å²) in [7, 11) is 0. The molecule has 8 nitrogen and oxygen atoms in total. The number of rotatable bonds is 8. The van der Waals surface area contributed by atoms with Gasteiger partial charge in [-0.05, 0) is 51.8 Å². The van der Waals surface area contributed by atoms with Crippen LogP contribution in [0.25, 0.3) is 0 Å². The number of nitrogens with zero attached hydrogens (tertiary/aromatic N) is 2. The van der Waals surface area contributed by atoms with Crippen molar-refractivity contribution in [2.45, 2.75) is 52.3 Å². The van der Waals surface area contributed by atoms with Crippen molar-refractivity contribution in [1.82, 2.24) is 10.2 Å². The summed E-state index contributed by atoms with van der Waals surface area (Å²) in [6.45, 7) is 8.33. The van der Waals surface area contributed by atoms with E-state index < -0.39 is 42.1 Å². The lowest BCUT2D eigenvalue weighted by molar-refractivity contribution is -0.139. The fourth-order valence-electron chi connectivity index (χ4n) is 3.50. The van der Waals surface area contributed by atoms with Gasteiger partial charge >= 0.3 is 6.09 Å². The first kappa shape index (κ1) is 29.0. The molecule has 0 radical (unpaired) electrons. The summed E-state index contributed by atoms with van der Waals surface area (Å²) in [5.74, 6) is -1.29. The summed E-state index contributed by atoms with van der Waals surface area (Å²) in [4.78, 5) is 40.7. The predicted octanol–water partition coefficient (Wildman–Crippen LogP) is 4.81. The number of halogens is 1. The maximum Gasteiger partial charge on any atom is 0.408 e. The Kier molecular flexibility index (Phi) is 10.2. The molecular formula is C26H31ClN4O4S. The fourth-order valence-corrected chi connectivity index (χ4v) is 4.02. The topological polar surface area (TPSA) is 112 Å². The molecule has 0 saturated heterocycles. The van der Waals surface area contributed by atoms with Crippen molar-refractivity contribution in [2.24, 2.45) is 0 Å². The lowest BCUT2D eigenvalue weighted by atomic mass is 10.0.